The molecule has 4 aromatic rings. The molecule has 230 valence electrons. The van der Waals surface area contributed by atoms with Gasteiger partial charge >= 0.3 is 12.1 Å². The van der Waals surface area contributed by atoms with E-state index in [4.69, 9.17) is 32.7 Å². The third-order valence-corrected chi connectivity index (χ3v) is 7.84. The lowest BCUT2D eigenvalue weighted by molar-refractivity contribution is 0.216. The van der Waals surface area contributed by atoms with Crippen molar-refractivity contribution in [2.24, 2.45) is 0 Å². The third-order valence-electron chi connectivity index (χ3n) is 6.97. The van der Waals surface area contributed by atoms with Crippen molar-refractivity contribution in [2.45, 2.75) is 12.5 Å². The van der Waals surface area contributed by atoms with Crippen molar-refractivity contribution in [3.05, 3.63) is 81.2 Å². The average Bonchev–Trinajstić information content (AvgIpc) is 3.64. The number of rotatable bonds is 8. The number of nitrogens with one attached hydrogen (secondary N) is 4. The number of benzene rings is 2. The molecule has 4 amide bonds. The van der Waals surface area contributed by atoms with Crippen LogP contribution in [0.4, 0.5) is 26.9 Å². The first-order chi connectivity index (χ1) is 21.1. The number of likely N-dealkylation sites (N-methyl/N-ethyl adjacent to an activating group) is 1. The second-order valence-electron chi connectivity index (χ2n) is 10.1. The SMILES string of the molecule is COc1ccc(-n2[nH]c(=O)cc2NC(=O)Nc2ccc(Oc3ccnc(NC(=O)N4CC[C@H](N(C)C)C4)c3)c(Cl)c2Cl)cc1. The number of hydrogen-bond donors (Lipinski definition) is 4. The number of anilines is 3. The summed E-state index contributed by atoms with van der Waals surface area (Å²) in [4.78, 5) is 45.7. The van der Waals surface area contributed by atoms with Gasteiger partial charge in [-0.1, -0.05) is 23.2 Å². The Labute approximate surface area is 262 Å². The second kappa shape index (κ2) is 13.3. The van der Waals surface area contributed by atoms with E-state index in [1.165, 1.54) is 29.1 Å². The van der Waals surface area contributed by atoms with Gasteiger partial charge in [-0.25, -0.2) is 19.3 Å². The first kappa shape index (κ1) is 30.7. The molecule has 1 aliphatic heterocycles. The van der Waals surface area contributed by atoms with E-state index in [0.717, 1.165) is 6.42 Å². The van der Waals surface area contributed by atoms with Crippen LogP contribution in [0, 0.1) is 0 Å². The van der Waals surface area contributed by atoms with Gasteiger partial charge in [0.25, 0.3) is 5.56 Å². The molecular formula is C29H30Cl2N8O5. The highest BCUT2D eigenvalue weighted by molar-refractivity contribution is 6.45. The van der Waals surface area contributed by atoms with Gasteiger partial charge in [0.05, 0.1) is 23.5 Å². The molecule has 1 fully saturated rings. The van der Waals surface area contributed by atoms with E-state index < -0.39 is 11.6 Å². The van der Waals surface area contributed by atoms with Crippen LogP contribution in [0.1, 0.15) is 6.42 Å². The molecule has 1 aliphatic rings. The molecule has 0 aliphatic carbocycles. The van der Waals surface area contributed by atoms with Gasteiger partial charge in [-0.2, -0.15) is 0 Å². The molecule has 44 heavy (non-hydrogen) atoms. The van der Waals surface area contributed by atoms with Crippen LogP contribution in [-0.2, 0) is 0 Å². The summed E-state index contributed by atoms with van der Waals surface area (Å²) in [6.45, 7) is 1.29. The van der Waals surface area contributed by atoms with Crippen LogP contribution in [0.5, 0.6) is 17.2 Å². The van der Waals surface area contributed by atoms with Crippen molar-refractivity contribution in [2.75, 3.05) is 50.2 Å². The van der Waals surface area contributed by atoms with Crippen LogP contribution in [-0.4, -0.2) is 77.0 Å². The highest BCUT2D eigenvalue weighted by Gasteiger charge is 2.27. The minimum absolute atomic E-state index is 0.0352. The fraction of sp³-hybridized carbons (Fsp3) is 0.241. The molecule has 0 unspecified atom stereocenters. The number of likely N-dealkylation sites (tertiary alicyclic amines) is 1. The number of hydrogen-bond acceptors (Lipinski definition) is 7. The summed E-state index contributed by atoms with van der Waals surface area (Å²) in [6.07, 6.45) is 2.40. The lowest BCUT2D eigenvalue weighted by Crippen LogP contribution is -2.36. The zero-order valence-electron chi connectivity index (χ0n) is 24.1. The summed E-state index contributed by atoms with van der Waals surface area (Å²) in [7, 11) is 5.54. The van der Waals surface area contributed by atoms with E-state index in [-0.39, 0.29) is 33.3 Å². The van der Waals surface area contributed by atoms with Crippen LogP contribution < -0.4 is 31.0 Å². The molecule has 3 heterocycles. The standard InChI is InChI=1S/C29H30Cl2N8O5/c1-37(2)18-11-13-38(16-18)29(42)34-23-14-20(10-12-32-23)44-22-9-8-21(26(30)27(22)31)33-28(41)35-24-15-25(40)36-39(24)17-4-6-19(43-3)7-5-17/h4-10,12,14-15,18H,11,13,16H2,1-3H3,(H,36,40)(H,32,34,42)(H2,33,35,41)/t18-/m0/s1. The Morgan fingerprint density at radius 3 is 2.48 bits per heavy atom. The molecule has 2 aromatic carbocycles. The Balaban J connectivity index is 1.23. The van der Waals surface area contributed by atoms with Gasteiger partial charge in [0.2, 0.25) is 0 Å². The Morgan fingerprint density at radius 2 is 1.77 bits per heavy atom. The fourth-order valence-corrected chi connectivity index (χ4v) is 5.01. The van der Waals surface area contributed by atoms with Crippen LogP contribution in [0.25, 0.3) is 5.69 Å². The Morgan fingerprint density at radius 1 is 1.00 bits per heavy atom. The molecule has 13 nitrogen and oxygen atoms in total. The van der Waals surface area contributed by atoms with Gasteiger partial charge in [0.1, 0.15) is 33.9 Å². The largest absolute Gasteiger partial charge is 0.497 e. The van der Waals surface area contributed by atoms with E-state index in [1.54, 1.807) is 48.4 Å². The van der Waals surface area contributed by atoms with E-state index in [9.17, 15) is 14.4 Å². The number of H-pyrrole nitrogens is 1. The average molecular weight is 642 g/mol. The molecule has 1 atom stereocenters. The normalized spacial score (nSPS) is 14.4. The van der Waals surface area contributed by atoms with Crippen LogP contribution in [0.3, 0.4) is 0 Å². The molecule has 5 rings (SSSR count). The quantitative estimate of drug-likeness (QED) is 0.199. The zero-order chi connectivity index (χ0) is 31.4. The summed E-state index contributed by atoms with van der Waals surface area (Å²) in [5.41, 5.74) is 0.393. The number of halogens is 2. The van der Waals surface area contributed by atoms with Crippen LogP contribution in [0.2, 0.25) is 10.0 Å². The summed E-state index contributed by atoms with van der Waals surface area (Å²) in [6, 6.07) is 13.8. The van der Waals surface area contributed by atoms with Crippen LogP contribution >= 0.6 is 23.2 Å². The second-order valence-corrected chi connectivity index (χ2v) is 10.9. The lowest BCUT2D eigenvalue weighted by Gasteiger charge is -2.20. The Kier molecular flexibility index (Phi) is 9.28. The molecule has 0 saturated carbocycles. The number of carbonyl (C=O) groups excluding carboxylic acids is 2. The molecule has 1 saturated heterocycles. The highest BCUT2D eigenvalue weighted by atomic mass is 35.5. The van der Waals surface area contributed by atoms with Crippen molar-refractivity contribution < 1.29 is 19.1 Å². The molecule has 0 bridgehead atoms. The number of nitrogens with zero attached hydrogens (tertiary/aromatic N) is 4. The molecule has 0 spiro atoms. The summed E-state index contributed by atoms with van der Waals surface area (Å²) < 4.78 is 12.5. The number of carbonyl (C=O) groups is 2. The highest BCUT2D eigenvalue weighted by Crippen LogP contribution is 2.39. The summed E-state index contributed by atoms with van der Waals surface area (Å²) >= 11 is 13.0. The van der Waals surface area contributed by atoms with E-state index in [0.29, 0.717) is 42.1 Å². The predicted molar refractivity (Wildman–Crippen MR) is 169 cm³/mol. The molecular weight excluding hydrogens is 611 g/mol. The maximum atomic E-state index is 12.8. The number of amides is 4. The van der Waals surface area contributed by atoms with E-state index in [2.05, 4.69) is 30.9 Å². The minimum atomic E-state index is -0.665. The van der Waals surface area contributed by atoms with Gasteiger partial charge in [-0.3, -0.25) is 20.5 Å². The molecule has 0 radical (unpaired) electrons. The van der Waals surface area contributed by atoms with Gasteiger partial charge in [-0.15, -0.1) is 0 Å². The number of aromatic nitrogens is 3. The van der Waals surface area contributed by atoms with Gasteiger partial charge in [0.15, 0.2) is 0 Å². The van der Waals surface area contributed by atoms with Crippen molar-refractivity contribution in [3.8, 4) is 22.9 Å². The number of urea groups is 2. The molecule has 15 heteroatoms. The van der Waals surface area contributed by atoms with E-state index >= 15 is 0 Å². The predicted octanol–water partition coefficient (Wildman–Crippen LogP) is 5.48. The number of aromatic amines is 1. The Hall–Kier alpha value is -4.72. The van der Waals surface area contributed by atoms with Crippen molar-refractivity contribution >= 4 is 52.6 Å². The van der Waals surface area contributed by atoms with Crippen molar-refractivity contribution in [1.82, 2.24) is 24.6 Å². The number of pyridine rings is 1. The van der Waals surface area contributed by atoms with Crippen molar-refractivity contribution in [3.63, 3.8) is 0 Å². The smallest absolute Gasteiger partial charge is 0.324 e. The Bertz CT molecular complexity index is 1720. The minimum Gasteiger partial charge on any atom is -0.497 e. The molecule has 4 N–H and O–H groups in total. The summed E-state index contributed by atoms with van der Waals surface area (Å²) in [5.74, 6) is 1.74. The van der Waals surface area contributed by atoms with Gasteiger partial charge < -0.3 is 24.6 Å². The zero-order valence-corrected chi connectivity index (χ0v) is 25.6. The maximum Gasteiger partial charge on any atom is 0.324 e. The number of methoxy groups -OCH3 is 1. The van der Waals surface area contributed by atoms with Gasteiger partial charge in [-0.05, 0) is 63.0 Å². The third kappa shape index (κ3) is 7.08. The van der Waals surface area contributed by atoms with Crippen molar-refractivity contribution in [1.29, 1.82) is 0 Å². The first-order valence-electron chi connectivity index (χ1n) is 13.5. The first-order valence-corrected chi connectivity index (χ1v) is 14.3. The number of ether oxygens (including phenoxy) is 2. The fourth-order valence-electron chi connectivity index (χ4n) is 4.60. The van der Waals surface area contributed by atoms with E-state index in [1.807, 2.05) is 14.1 Å². The summed E-state index contributed by atoms with van der Waals surface area (Å²) in [5, 5.41) is 10.8. The van der Waals surface area contributed by atoms with Crippen LogP contribution in [0.15, 0.2) is 65.6 Å². The monoisotopic (exact) mass is 640 g/mol. The maximum absolute atomic E-state index is 12.8. The van der Waals surface area contributed by atoms with Gasteiger partial charge in [0, 0.05) is 37.5 Å². The topological polar surface area (TPSA) is 146 Å². The molecule has 2 aromatic heterocycles. The lowest BCUT2D eigenvalue weighted by atomic mass is 10.2.